The molecule has 0 aliphatic carbocycles. The van der Waals surface area contributed by atoms with E-state index in [4.69, 9.17) is 11.6 Å². The van der Waals surface area contributed by atoms with Crippen molar-refractivity contribution in [1.82, 2.24) is 5.32 Å². The van der Waals surface area contributed by atoms with Crippen LogP contribution in [0.3, 0.4) is 0 Å². The molecule has 0 unspecified atom stereocenters. The Morgan fingerprint density at radius 3 is 2.42 bits per heavy atom. The zero-order chi connectivity index (χ0) is 17.5. The first-order valence-corrected chi connectivity index (χ1v) is 8.31. The lowest BCUT2D eigenvalue weighted by atomic mass is 9.97. The van der Waals surface area contributed by atoms with Crippen LogP contribution in [0.2, 0.25) is 5.02 Å². The van der Waals surface area contributed by atoms with Gasteiger partial charge >= 0.3 is 0 Å². The van der Waals surface area contributed by atoms with Gasteiger partial charge < -0.3 is 10.6 Å². The topological polar surface area (TPSA) is 58.2 Å². The largest absolute Gasteiger partial charge is 0.340 e. The third kappa shape index (κ3) is 4.83. The predicted molar refractivity (Wildman–Crippen MR) is 97.2 cm³/mol. The average Bonchev–Trinajstić information content (AvgIpc) is 2.59. The van der Waals surface area contributed by atoms with Crippen LogP contribution in [0.1, 0.15) is 30.6 Å². The highest BCUT2D eigenvalue weighted by atomic mass is 35.5. The van der Waals surface area contributed by atoms with E-state index in [9.17, 15) is 9.59 Å². The van der Waals surface area contributed by atoms with E-state index in [0.717, 1.165) is 6.42 Å². The van der Waals surface area contributed by atoms with Gasteiger partial charge in [-0.1, -0.05) is 56.1 Å². The highest BCUT2D eigenvalue weighted by Gasteiger charge is 2.26. The summed E-state index contributed by atoms with van der Waals surface area (Å²) in [6, 6.07) is 15.2. The molecule has 0 aliphatic rings. The second-order valence-electron chi connectivity index (χ2n) is 5.70. The van der Waals surface area contributed by atoms with Crippen molar-refractivity contribution in [3.63, 3.8) is 0 Å². The molecule has 0 aromatic heterocycles. The molecule has 0 aliphatic heterocycles. The zero-order valence-electron chi connectivity index (χ0n) is 13.8. The Bertz CT molecular complexity index is 704. The number of anilines is 1. The summed E-state index contributed by atoms with van der Waals surface area (Å²) in [5.41, 5.74) is 1.14. The highest BCUT2D eigenvalue weighted by Crippen LogP contribution is 2.17. The number of halogens is 1. The molecule has 0 fully saturated rings. The average molecular weight is 345 g/mol. The minimum absolute atomic E-state index is 0.00292. The van der Waals surface area contributed by atoms with E-state index < -0.39 is 6.04 Å². The van der Waals surface area contributed by atoms with Gasteiger partial charge in [-0.2, -0.15) is 0 Å². The molecule has 0 radical (unpaired) electrons. The molecule has 2 N–H and O–H groups in total. The van der Waals surface area contributed by atoms with Crippen LogP contribution in [0.25, 0.3) is 0 Å². The fourth-order valence-electron chi connectivity index (χ4n) is 2.30. The Kier molecular flexibility index (Phi) is 6.38. The maximum Gasteiger partial charge on any atom is 0.251 e. The fraction of sp³-hybridized carbons (Fsp3) is 0.263. The van der Waals surface area contributed by atoms with E-state index in [0.29, 0.717) is 16.3 Å². The second kappa shape index (κ2) is 8.50. The van der Waals surface area contributed by atoms with Crippen molar-refractivity contribution in [2.45, 2.75) is 26.3 Å². The first-order chi connectivity index (χ1) is 11.5. The molecular weight excluding hydrogens is 324 g/mol. The van der Waals surface area contributed by atoms with Crippen LogP contribution in [-0.4, -0.2) is 17.9 Å². The predicted octanol–water partition coefficient (Wildman–Crippen LogP) is 4.12. The van der Waals surface area contributed by atoms with Gasteiger partial charge in [-0.25, -0.2) is 0 Å². The first kappa shape index (κ1) is 18.0. The number of amides is 2. The Labute approximate surface area is 147 Å². The van der Waals surface area contributed by atoms with Crippen LogP contribution in [-0.2, 0) is 4.79 Å². The quantitative estimate of drug-likeness (QED) is 0.828. The van der Waals surface area contributed by atoms with Crippen LogP contribution in [0.15, 0.2) is 54.6 Å². The van der Waals surface area contributed by atoms with Crippen LogP contribution >= 0.6 is 11.6 Å². The van der Waals surface area contributed by atoms with E-state index >= 15 is 0 Å². The molecule has 2 aromatic carbocycles. The van der Waals surface area contributed by atoms with E-state index in [-0.39, 0.29) is 17.7 Å². The minimum Gasteiger partial charge on any atom is -0.340 e. The number of benzene rings is 2. The molecule has 2 atom stereocenters. The summed E-state index contributed by atoms with van der Waals surface area (Å²) in [4.78, 5) is 25.0. The van der Waals surface area contributed by atoms with Gasteiger partial charge in [-0.15, -0.1) is 0 Å². The molecule has 24 heavy (non-hydrogen) atoms. The van der Waals surface area contributed by atoms with Crippen molar-refractivity contribution in [1.29, 1.82) is 0 Å². The molecule has 4 nitrogen and oxygen atoms in total. The van der Waals surface area contributed by atoms with Gasteiger partial charge in [0.1, 0.15) is 6.04 Å². The Balaban J connectivity index is 2.12. The summed E-state index contributed by atoms with van der Waals surface area (Å²) in [5.74, 6) is -0.519. The number of hydrogen-bond donors (Lipinski definition) is 2. The SMILES string of the molecule is CC[C@H](C)[C@H](NC(=O)c1ccccc1)C(=O)Nc1cccc(Cl)c1. The standard InChI is InChI=1S/C19H21ClN2O2/c1-3-13(2)17(22-18(23)14-8-5-4-6-9-14)19(24)21-16-11-7-10-15(20)12-16/h4-13,17H,3H2,1-2H3,(H,21,24)(H,22,23)/t13-,17-/m0/s1. The van der Waals surface area contributed by atoms with Crippen LogP contribution in [0.4, 0.5) is 5.69 Å². The molecular formula is C19H21ClN2O2. The van der Waals surface area contributed by atoms with E-state index in [2.05, 4.69) is 10.6 Å². The summed E-state index contributed by atoms with van der Waals surface area (Å²) >= 11 is 5.94. The Hall–Kier alpha value is -2.33. The third-order valence-electron chi connectivity index (χ3n) is 3.91. The molecule has 5 heteroatoms. The summed E-state index contributed by atoms with van der Waals surface area (Å²) < 4.78 is 0. The summed E-state index contributed by atoms with van der Waals surface area (Å²) in [6.07, 6.45) is 0.767. The molecule has 2 amide bonds. The monoisotopic (exact) mass is 344 g/mol. The van der Waals surface area contributed by atoms with Crippen molar-refractivity contribution in [2.24, 2.45) is 5.92 Å². The second-order valence-corrected chi connectivity index (χ2v) is 6.14. The summed E-state index contributed by atoms with van der Waals surface area (Å²) in [7, 11) is 0. The first-order valence-electron chi connectivity index (χ1n) is 7.93. The number of rotatable bonds is 6. The Morgan fingerprint density at radius 2 is 1.79 bits per heavy atom. The molecule has 2 aromatic rings. The molecule has 0 saturated carbocycles. The lowest BCUT2D eigenvalue weighted by Gasteiger charge is -2.23. The number of carbonyl (C=O) groups is 2. The normalized spacial score (nSPS) is 13.0. The fourth-order valence-corrected chi connectivity index (χ4v) is 2.49. The minimum atomic E-state index is -0.623. The van der Waals surface area contributed by atoms with Gasteiger partial charge in [0.05, 0.1) is 0 Å². The number of carbonyl (C=O) groups excluding carboxylic acids is 2. The number of nitrogens with one attached hydrogen (secondary N) is 2. The van der Waals surface area contributed by atoms with Gasteiger partial charge in [0.15, 0.2) is 0 Å². The Morgan fingerprint density at radius 1 is 1.08 bits per heavy atom. The molecule has 0 bridgehead atoms. The molecule has 0 saturated heterocycles. The van der Waals surface area contributed by atoms with Gasteiger partial charge in [-0.3, -0.25) is 9.59 Å². The van der Waals surface area contributed by atoms with Crippen LogP contribution < -0.4 is 10.6 Å². The van der Waals surface area contributed by atoms with Gasteiger partial charge in [0, 0.05) is 16.3 Å². The maximum atomic E-state index is 12.6. The van der Waals surface area contributed by atoms with Gasteiger partial charge in [-0.05, 0) is 36.2 Å². The summed E-state index contributed by atoms with van der Waals surface area (Å²) in [5, 5.41) is 6.19. The van der Waals surface area contributed by atoms with Crippen LogP contribution in [0, 0.1) is 5.92 Å². The van der Waals surface area contributed by atoms with Crippen molar-refractivity contribution < 1.29 is 9.59 Å². The molecule has 0 heterocycles. The van der Waals surface area contributed by atoms with Gasteiger partial charge in [0.25, 0.3) is 5.91 Å². The van der Waals surface area contributed by atoms with Crippen molar-refractivity contribution in [3.05, 3.63) is 65.2 Å². The van der Waals surface area contributed by atoms with E-state index in [1.165, 1.54) is 0 Å². The smallest absolute Gasteiger partial charge is 0.251 e. The van der Waals surface area contributed by atoms with Crippen molar-refractivity contribution >= 4 is 29.1 Å². The summed E-state index contributed by atoms with van der Waals surface area (Å²) in [6.45, 7) is 3.92. The van der Waals surface area contributed by atoms with E-state index in [1.807, 2.05) is 19.9 Å². The molecule has 126 valence electrons. The van der Waals surface area contributed by atoms with E-state index in [1.54, 1.807) is 48.5 Å². The zero-order valence-corrected chi connectivity index (χ0v) is 14.5. The van der Waals surface area contributed by atoms with Crippen LogP contribution in [0.5, 0.6) is 0 Å². The molecule has 0 spiro atoms. The maximum absolute atomic E-state index is 12.6. The third-order valence-corrected chi connectivity index (χ3v) is 4.15. The van der Waals surface area contributed by atoms with Crippen molar-refractivity contribution in [2.75, 3.05) is 5.32 Å². The highest BCUT2D eigenvalue weighted by molar-refractivity contribution is 6.30. The molecule has 2 rings (SSSR count). The lowest BCUT2D eigenvalue weighted by Crippen LogP contribution is -2.47. The number of hydrogen-bond acceptors (Lipinski definition) is 2. The van der Waals surface area contributed by atoms with Crippen molar-refractivity contribution in [3.8, 4) is 0 Å². The lowest BCUT2D eigenvalue weighted by molar-refractivity contribution is -0.119. The van der Waals surface area contributed by atoms with Gasteiger partial charge in [0.2, 0.25) is 5.91 Å².